The van der Waals surface area contributed by atoms with Gasteiger partial charge in [-0.05, 0) is 82.0 Å². The summed E-state index contributed by atoms with van der Waals surface area (Å²) in [4.78, 5) is 31.8. The molecule has 2 aromatic rings. The zero-order valence-corrected chi connectivity index (χ0v) is 38.0. The van der Waals surface area contributed by atoms with E-state index in [1.807, 2.05) is 13.8 Å². The van der Waals surface area contributed by atoms with Crippen LogP contribution in [0.15, 0.2) is 6.07 Å². The Morgan fingerprint density at radius 3 is 2.24 bits per heavy atom. The van der Waals surface area contributed by atoms with Gasteiger partial charge in [-0.2, -0.15) is 5.26 Å². The van der Waals surface area contributed by atoms with Crippen molar-refractivity contribution in [3.8, 4) is 29.1 Å². The van der Waals surface area contributed by atoms with Crippen LogP contribution in [-0.2, 0) is 22.4 Å². The van der Waals surface area contributed by atoms with Crippen LogP contribution in [0, 0.1) is 88.0 Å². The number of piperazine rings is 1. The number of hydrogen-bond donors (Lipinski definition) is 2. The van der Waals surface area contributed by atoms with Crippen LogP contribution in [0.4, 0.5) is 0 Å². The minimum atomic E-state index is -0.508. The molecule has 55 heavy (non-hydrogen) atoms. The summed E-state index contributed by atoms with van der Waals surface area (Å²) >= 11 is 0. The van der Waals surface area contributed by atoms with Crippen LogP contribution < -0.4 is 19.5 Å². The van der Waals surface area contributed by atoms with Gasteiger partial charge in [0.1, 0.15) is 17.5 Å². The number of esters is 1. The Morgan fingerprint density at radius 2 is 1.56 bits per heavy atom. The molecule has 2 N–H and O–H groups in total. The minimum absolute atomic E-state index is 0. The van der Waals surface area contributed by atoms with Gasteiger partial charge >= 0.3 is 5.97 Å². The predicted molar refractivity (Wildman–Crippen MR) is 205 cm³/mol. The van der Waals surface area contributed by atoms with Gasteiger partial charge < -0.3 is 24.6 Å². The topological polar surface area (TPSA) is 124 Å². The molecule has 1 radical (unpaired) electrons. The Balaban J connectivity index is 0.00000465. The van der Waals surface area contributed by atoms with Gasteiger partial charge in [0, 0.05) is 97.8 Å². The molecule has 5 atom stereocenters. The molecule has 1 saturated heterocycles. The molecule has 0 spiro atoms. The van der Waals surface area contributed by atoms with Crippen LogP contribution in [0.5, 0.6) is 23.0 Å². The van der Waals surface area contributed by atoms with Crippen LogP contribution in [0.25, 0.3) is 0 Å². The first-order chi connectivity index (χ1) is 26.2. The Bertz CT molecular complexity index is 1830. The number of aryl methyl sites for hydroxylation is 1. The van der Waals surface area contributed by atoms with Gasteiger partial charge in [-0.15, -0.1) is 0 Å². The molecule has 1 amide bonds. The Kier molecular flexibility index (Phi) is 12.8. The van der Waals surface area contributed by atoms with Gasteiger partial charge in [-0.1, -0.05) is 70.3 Å². The van der Waals surface area contributed by atoms with Gasteiger partial charge in [0.2, 0.25) is 12.7 Å². The van der Waals surface area contributed by atoms with Crippen molar-refractivity contribution >= 4 is 11.9 Å². The third-order valence-electron chi connectivity index (χ3n) is 14.1. The molecular weight excluding hydrogens is 908 g/mol. The number of ether oxygens (including phenoxy) is 3. The molecule has 11 heteroatoms. The van der Waals surface area contributed by atoms with Crippen molar-refractivity contribution in [3.63, 3.8) is 0 Å². The second-order valence-electron chi connectivity index (χ2n) is 17.2. The molecule has 2 bridgehead atoms. The van der Waals surface area contributed by atoms with Gasteiger partial charge in [0.25, 0.3) is 0 Å². The van der Waals surface area contributed by atoms with Gasteiger partial charge in [0.05, 0.1) is 18.2 Å². The molecule has 10 nitrogen and oxygen atoms in total. The molecule has 8 rings (SSSR count). The van der Waals surface area contributed by atoms with Crippen LogP contribution in [0.3, 0.4) is 0 Å². The largest absolute Gasteiger partial charge is 0.507 e. The number of aromatic hydroxyl groups is 1. The van der Waals surface area contributed by atoms with E-state index in [4.69, 9.17) is 14.2 Å². The van der Waals surface area contributed by atoms with E-state index in [1.54, 1.807) is 0 Å². The molecule has 2 aliphatic carbocycles. The average Bonchev–Trinajstić information content (AvgIpc) is 3.67. The van der Waals surface area contributed by atoms with Gasteiger partial charge in [-0.3, -0.25) is 19.4 Å². The van der Waals surface area contributed by atoms with Crippen LogP contribution in [-0.4, -0.2) is 65.3 Å². The fourth-order valence-electron chi connectivity index (χ4n) is 11.1. The Labute approximate surface area is 362 Å². The zero-order valence-electron chi connectivity index (χ0n) is 33.3. The summed E-state index contributed by atoms with van der Waals surface area (Å²) in [5, 5.41) is 26.2. The van der Waals surface area contributed by atoms with E-state index in [2.05, 4.69) is 41.2 Å². The minimum Gasteiger partial charge on any atom is -0.507 e. The summed E-state index contributed by atoms with van der Waals surface area (Å²) in [5.41, 5.74) is 6.35. The number of carbonyl (C=O) groups excluding carboxylic acids is 2. The number of nitrogens with zero attached hydrogens (tertiary/aromatic N) is 3. The van der Waals surface area contributed by atoms with E-state index in [9.17, 15) is 20.0 Å². The zero-order chi connectivity index (χ0) is 37.7. The molecule has 4 heterocycles. The first-order valence-electron chi connectivity index (χ1n) is 20.8. The fraction of sp³-hybridized carbons (Fsp3) is 0.659. The van der Waals surface area contributed by atoms with Crippen molar-refractivity contribution in [1.29, 1.82) is 5.26 Å². The second-order valence-corrected chi connectivity index (χ2v) is 17.2. The monoisotopic (exact) mass is 965 g/mol. The van der Waals surface area contributed by atoms with Crippen molar-refractivity contribution in [3.05, 3.63) is 45.0 Å². The first kappa shape index (κ1) is 40.8. The molecule has 6 aliphatic rings. The molecule has 4 aliphatic heterocycles. The fourth-order valence-corrected chi connectivity index (χ4v) is 11.1. The summed E-state index contributed by atoms with van der Waals surface area (Å²) in [6.45, 7) is 6.29. The van der Waals surface area contributed by atoms with E-state index in [0.29, 0.717) is 60.3 Å². The quantitative estimate of drug-likeness (QED) is 0.194. The normalized spacial score (nSPS) is 26.2. The summed E-state index contributed by atoms with van der Waals surface area (Å²) in [6, 6.07) is 3.33. The third kappa shape index (κ3) is 7.69. The number of amides is 1. The van der Waals surface area contributed by atoms with E-state index in [-0.39, 0.29) is 93.2 Å². The number of hydrogen-bond acceptors (Lipinski definition) is 9. The number of fused-ring (bicyclic) bond motifs is 9. The van der Waals surface area contributed by atoms with Crippen molar-refractivity contribution in [2.75, 3.05) is 20.4 Å². The van der Waals surface area contributed by atoms with E-state index in [0.717, 1.165) is 46.2 Å². The molecule has 2 aromatic carbocycles. The summed E-state index contributed by atoms with van der Waals surface area (Å²) in [5.74, 6) is 2.95. The third-order valence-corrected chi connectivity index (χ3v) is 14.1. The maximum Gasteiger partial charge on any atom is 0.311 e. The number of phenolic OH excluding ortho intramolecular Hbond substituents is 1. The maximum atomic E-state index is 13.7. The van der Waals surface area contributed by atoms with Gasteiger partial charge in [0.15, 0.2) is 11.5 Å². The van der Waals surface area contributed by atoms with Crippen molar-refractivity contribution in [1.82, 2.24) is 15.1 Å². The molecular formula is C44H58AcN4O6. The number of nitriles is 1. The number of phenols is 1. The Hall–Kier alpha value is -2.37. The second kappa shape index (κ2) is 17.2. The number of rotatable bonds is 9. The molecule has 293 valence electrons. The Morgan fingerprint density at radius 1 is 0.909 bits per heavy atom. The number of likely N-dealkylation sites (N-methyl/N-ethyl adjacent to an activating group) is 1. The standard InChI is InChI=1S/C44H58N4O6.Ac/c1-25-19-30-20-32-34(22-45)48-33(40(47(32)4)38(30)42(26(25)2)54-37(50)18-16-29-13-9-6-10-14-29)21-31-39(44-43(52-24-53-44)27(3)41(31)51)35(48)23-46-36(49)17-15-28-11-7-5-8-12-28;/h19,28-29,32-35,40,51H,5-18,20-21,23-24H2,1-4H3,(H,46,49);/t32-,33?,34-,35-,40+;/m0./s1. The van der Waals surface area contributed by atoms with Crippen molar-refractivity contribution < 1.29 is 73.0 Å². The first-order valence-corrected chi connectivity index (χ1v) is 20.8. The summed E-state index contributed by atoms with van der Waals surface area (Å²) in [6.07, 6.45) is 16.0. The number of benzene rings is 2. The van der Waals surface area contributed by atoms with Crippen LogP contribution >= 0.6 is 0 Å². The smallest absolute Gasteiger partial charge is 0.311 e. The number of carbonyl (C=O) groups is 2. The number of nitrogens with one attached hydrogen (secondary N) is 1. The van der Waals surface area contributed by atoms with Gasteiger partial charge in [-0.25, -0.2) is 0 Å². The van der Waals surface area contributed by atoms with Crippen LogP contribution in [0.1, 0.15) is 141 Å². The maximum absolute atomic E-state index is 13.7. The SMILES string of the molecule is Cc1cc2c(c(OC(=O)CCC3CCCCC3)c1C)[C@H]1C3Cc4c(O)c(C)c5c(c4[C@H](CNC(=O)CCC4CCCCC4)N3[C@@H](C#N)[C@H](C2)N1C)OCO5.[Ac]. The molecule has 3 fully saturated rings. The van der Waals surface area contributed by atoms with E-state index >= 15 is 0 Å². The van der Waals surface area contributed by atoms with Crippen LogP contribution in [0.2, 0.25) is 0 Å². The summed E-state index contributed by atoms with van der Waals surface area (Å²) < 4.78 is 18.5. The predicted octanol–water partition coefficient (Wildman–Crippen LogP) is 7.56. The van der Waals surface area contributed by atoms with Crippen molar-refractivity contribution in [2.45, 2.75) is 154 Å². The molecule has 0 aromatic heterocycles. The average molecular weight is 966 g/mol. The van der Waals surface area contributed by atoms with E-state index in [1.165, 1.54) is 64.2 Å². The van der Waals surface area contributed by atoms with Crippen molar-refractivity contribution in [2.24, 2.45) is 11.8 Å². The molecule has 1 unspecified atom stereocenters. The molecule has 2 saturated carbocycles. The van der Waals surface area contributed by atoms with E-state index < -0.39 is 12.1 Å². The summed E-state index contributed by atoms with van der Waals surface area (Å²) in [7, 11) is 2.09.